The highest BCUT2D eigenvalue weighted by Gasteiger charge is 1.96. The summed E-state index contributed by atoms with van der Waals surface area (Å²) < 4.78 is 34.9. The van der Waals surface area contributed by atoms with E-state index >= 15 is 0 Å². The second-order valence-corrected chi connectivity index (χ2v) is 5.84. The summed E-state index contributed by atoms with van der Waals surface area (Å²) in [5, 5.41) is 0. The summed E-state index contributed by atoms with van der Waals surface area (Å²) in [6, 6.07) is 0. The highest BCUT2D eigenvalue weighted by atomic mass is 33.1. The van der Waals surface area contributed by atoms with Gasteiger partial charge in [-0.1, -0.05) is 0 Å². The molecule has 4 nitrogen and oxygen atoms in total. The molecule has 0 aliphatic carbocycles. The van der Waals surface area contributed by atoms with Gasteiger partial charge in [0.2, 0.25) is 0 Å². The van der Waals surface area contributed by atoms with E-state index in [1.54, 1.807) is 0 Å². The summed E-state index contributed by atoms with van der Waals surface area (Å²) in [6.07, 6.45) is 0. The first-order valence-electron chi connectivity index (χ1n) is 1.11. The molecule has 0 aromatic rings. The summed E-state index contributed by atoms with van der Waals surface area (Å²) in [5.41, 5.74) is 0. The maximum atomic E-state index is 9.58. The molecule has 0 aliphatic heterocycles. The zero-order valence-electron chi connectivity index (χ0n) is 3.03. The van der Waals surface area contributed by atoms with Crippen molar-refractivity contribution in [1.82, 2.24) is 0 Å². The molecular weight excluding hydrogens is 159 g/mol. The van der Waals surface area contributed by atoms with Crippen LogP contribution in [-0.4, -0.2) is 17.5 Å². The van der Waals surface area contributed by atoms with Gasteiger partial charge in [-0.3, -0.25) is 0 Å². The van der Waals surface area contributed by atoms with Crippen LogP contribution in [0.15, 0.2) is 0 Å². The van der Waals surface area contributed by atoms with E-state index in [1.807, 2.05) is 0 Å². The van der Waals surface area contributed by atoms with Crippen LogP contribution in [0.4, 0.5) is 0 Å². The van der Waals surface area contributed by atoms with Crippen molar-refractivity contribution in [3.05, 3.63) is 0 Å². The predicted octanol–water partition coefficient (Wildman–Crippen LogP) is -0.0617. The van der Waals surface area contributed by atoms with Crippen LogP contribution >= 0.6 is 6.98 Å². The molecule has 0 aliphatic rings. The smallest absolute Gasteiger partial charge is 0.186 e. The van der Waals surface area contributed by atoms with Gasteiger partial charge in [0.15, 0.2) is 21.4 Å². The highest BCUT2D eigenvalue weighted by molar-refractivity contribution is 8.69. The average Bonchev–Trinajstić information content (AvgIpc) is 1.27. The van der Waals surface area contributed by atoms with Crippen molar-refractivity contribution in [1.29, 1.82) is 0 Å². The lowest BCUT2D eigenvalue weighted by Crippen LogP contribution is -1.78. The van der Waals surface area contributed by atoms with Gasteiger partial charge in [0, 0.05) is 0 Å². The Bertz CT molecular complexity index is 85.9. The first-order chi connectivity index (χ1) is 3.13. The lowest BCUT2D eigenvalue weighted by atomic mass is 15.9. The van der Waals surface area contributed by atoms with E-state index in [0.29, 0.717) is 0 Å². The minimum absolute atomic E-state index is 0.799. The molecule has 0 saturated heterocycles. The van der Waals surface area contributed by atoms with Crippen molar-refractivity contribution in [2.45, 2.75) is 0 Å². The van der Waals surface area contributed by atoms with Crippen LogP contribution in [0.1, 0.15) is 0 Å². The normalized spacial score (nSPS) is 20.3. The zero-order valence-corrected chi connectivity index (χ0v) is 5.66. The minimum Gasteiger partial charge on any atom is -0.302 e. The van der Waals surface area contributed by atoms with E-state index in [-0.39, 0.29) is 0 Å². The second-order valence-electron chi connectivity index (χ2n) is 0.582. The molecule has 0 heterocycles. The molecule has 7 heteroatoms. The van der Waals surface area contributed by atoms with Crippen LogP contribution in [0, 0.1) is 0 Å². The molecule has 2 atom stereocenters. The fraction of sp³-hybridized carbons (Fsp3) is 0. The van der Waals surface area contributed by atoms with Crippen LogP contribution in [0.2, 0.25) is 0 Å². The molecule has 0 aromatic heterocycles. The van der Waals surface area contributed by atoms with Crippen LogP contribution in [-0.2, 0) is 21.4 Å². The van der Waals surface area contributed by atoms with E-state index < -0.39 is 28.4 Å². The number of hydrogen-bond donors (Lipinski definition) is 2. The summed E-state index contributed by atoms with van der Waals surface area (Å²) in [7, 11) is -4.24. The Morgan fingerprint density at radius 1 is 1.14 bits per heavy atom. The van der Waals surface area contributed by atoms with E-state index in [9.17, 15) is 8.42 Å². The Hall–Kier alpha value is 0.650. The van der Waals surface area contributed by atoms with Crippen molar-refractivity contribution < 1.29 is 17.5 Å². The summed E-state index contributed by atoms with van der Waals surface area (Å²) >= 11 is 0. The van der Waals surface area contributed by atoms with Crippen molar-refractivity contribution in [3.63, 3.8) is 0 Å². The molecule has 0 radical (unpaired) electrons. The van der Waals surface area contributed by atoms with Gasteiger partial charge < -0.3 is 9.11 Å². The fourth-order valence-electron chi connectivity index (χ4n) is 0.0610. The van der Waals surface area contributed by atoms with Gasteiger partial charge in [-0.2, -0.15) is 0 Å². The first kappa shape index (κ1) is 7.65. The Labute approximate surface area is 46.5 Å². The highest BCUT2D eigenvalue weighted by Crippen LogP contribution is 2.16. The van der Waals surface area contributed by atoms with E-state index in [2.05, 4.69) is 0 Å². The molecule has 2 N–H and O–H groups in total. The van der Waals surface area contributed by atoms with Gasteiger partial charge in [-0.25, -0.2) is 8.42 Å². The number of rotatable bonds is 2. The minimum atomic E-state index is -2.12. The monoisotopic (exact) mass is 162 g/mol. The second kappa shape index (κ2) is 3.63. The largest absolute Gasteiger partial charge is 0.302 e. The van der Waals surface area contributed by atoms with Gasteiger partial charge in [-0.15, -0.1) is 0 Å². The maximum absolute atomic E-state index is 9.58. The molecule has 44 valence electrons. The van der Waals surface area contributed by atoms with Crippen LogP contribution < -0.4 is 0 Å². The van der Waals surface area contributed by atoms with Crippen LogP contribution in [0.3, 0.4) is 0 Å². The molecular formula is H3O4PS2. The van der Waals surface area contributed by atoms with Crippen molar-refractivity contribution in [2.24, 2.45) is 0 Å². The Morgan fingerprint density at radius 3 is 1.43 bits per heavy atom. The molecule has 0 rings (SSSR count). The maximum Gasteiger partial charge on any atom is 0.186 e. The van der Waals surface area contributed by atoms with Crippen LogP contribution in [0.25, 0.3) is 0 Å². The third kappa shape index (κ3) is 6.65. The quantitative estimate of drug-likeness (QED) is 0.440. The topological polar surface area (TPSA) is 74.6 Å². The third-order valence-electron chi connectivity index (χ3n) is 0.143. The van der Waals surface area contributed by atoms with Gasteiger partial charge in [0.25, 0.3) is 0 Å². The SMILES string of the molecule is O=S(O)PS(=O)O. The molecule has 0 amide bonds. The lowest BCUT2D eigenvalue weighted by Gasteiger charge is -1.82. The fourth-order valence-corrected chi connectivity index (χ4v) is 1.65. The number of hydrogen-bond acceptors (Lipinski definition) is 2. The molecule has 0 saturated carbocycles. The summed E-state index contributed by atoms with van der Waals surface area (Å²) in [5.74, 6) is 0. The molecule has 0 aromatic carbocycles. The Balaban J connectivity index is 3.32. The Morgan fingerprint density at radius 2 is 1.43 bits per heavy atom. The standard InChI is InChI=1S/H3O4PS2/c1-6(2)5-7(3)4/h5H,(H,1,2)(H,3,4). The Kier molecular flexibility index (Phi) is 3.96. The third-order valence-corrected chi connectivity index (χ3v) is 3.85. The molecule has 0 fully saturated rings. The van der Waals surface area contributed by atoms with E-state index in [0.717, 1.165) is 0 Å². The molecule has 0 spiro atoms. The molecule has 0 bridgehead atoms. The predicted molar refractivity (Wildman–Crippen MR) is 29.9 cm³/mol. The van der Waals surface area contributed by atoms with Crippen LogP contribution in [0.5, 0.6) is 0 Å². The molecule has 7 heavy (non-hydrogen) atoms. The summed E-state index contributed by atoms with van der Waals surface area (Å²) in [6.45, 7) is -0.799. The molecule has 2 unspecified atom stereocenters. The van der Waals surface area contributed by atoms with Gasteiger partial charge >= 0.3 is 0 Å². The first-order valence-corrected chi connectivity index (χ1v) is 5.77. The van der Waals surface area contributed by atoms with E-state index in [4.69, 9.17) is 9.11 Å². The average molecular weight is 162 g/mol. The van der Waals surface area contributed by atoms with Crippen molar-refractivity contribution in [3.8, 4) is 0 Å². The van der Waals surface area contributed by atoms with Gasteiger partial charge in [-0.05, 0) is 0 Å². The van der Waals surface area contributed by atoms with Crippen molar-refractivity contribution in [2.75, 3.05) is 0 Å². The zero-order chi connectivity index (χ0) is 5.86. The van der Waals surface area contributed by atoms with Crippen molar-refractivity contribution >= 4 is 28.4 Å². The summed E-state index contributed by atoms with van der Waals surface area (Å²) in [4.78, 5) is 0. The van der Waals surface area contributed by atoms with Gasteiger partial charge in [0.1, 0.15) is 6.98 Å². The van der Waals surface area contributed by atoms with E-state index in [1.165, 1.54) is 0 Å². The van der Waals surface area contributed by atoms with Gasteiger partial charge in [0.05, 0.1) is 0 Å². The lowest BCUT2D eigenvalue weighted by molar-refractivity contribution is 0.577.